The lowest BCUT2D eigenvalue weighted by Crippen LogP contribution is -2.50. The van der Waals surface area contributed by atoms with Crippen molar-refractivity contribution in [3.8, 4) is 0 Å². The Kier molecular flexibility index (Phi) is 6.57. The fourth-order valence-electron chi connectivity index (χ4n) is 2.10. The first-order valence-corrected chi connectivity index (χ1v) is 8.31. The van der Waals surface area contributed by atoms with E-state index >= 15 is 0 Å². The summed E-state index contributed by atoms with van der Waals surface area (Å²) < 4.78 is 27.3. The van der Waals surface area contributed by atoms with Crippen molar-refractivity contribution in [1.29, 1.82) is 0 Å². The van der Waals surface area contributed by atoms with Gasteiger partial charge in [0.05, 0.1) is 4.90 Å². The monoisotopic (exact) mass is 358 g/mol. The molecule has 1 saturated heterocycles. The standard InChI is InChI=1S/C12H16Cl2N2O2S.ClH/c1-8-2-3-15-7-12(8)16-19(17,18)11-5-9(13)4-10(14)6-11;/h4-6,8,12,15-16H,2-3,7H2,1H3;1H. The van der Waals surface area contributed by atoms with Crippen LogP contribution in [-0.2, 0) is 10.0 Å². The van der Waals surface area contributed by atoms with Crippen molar-refractivity contribution in [2.75, 3.05) is 13.1 Å². The number of sulfonamides is 1. The third-order valence-electron chi connectivity index (χ3n) is 3.28. The van der Waals surface area contributed by atoms with Crippen LogP contribution in [0.1, 0.15) is 13.3 Å². The topological polar surface area (TPSA) is 58.2 Å². The SMILES string of the molecule is CC1CCNCC1NS(=O)(=O)c1cc(Cl)cc(Cl)c1.Cl. The molecule has 1 aliphatic rings. The van der Waals surface area contributed by atoms with Gasteiger partial charge in [0.2, 0.25) is 10.0 Å². The Hall–Kier alpha value is -0.0400. The average molecular weight is 360 g/mol. The van der Waals surface area contributed by atoms with Gasteiger partial charge in [0.15, 0.2) is 0 Å². The Morgan fingerprint density at radius 3 is 2.40 bits per heavy atom. The van der Waals surface area contributed by atoms with Gasteiger partial charge in [-0.2, -0.15) is 0 Å². The van der Waals surface area contributed by atoms with Gasteiger partial charge in [0.25, 0.3) is 0 Å². The molecule has 0 radical (unpaired) electrons. The molecule has 0 aromatic heterocycles. The quantitative estimate of drug-likeness (QED) is 0.872. The van der Waals surface area contributed by atoms with Gasteiger partial charge >= 0.3 is 0 Å². The number of benzene rings is 1. The smallest absolute Gasteiger partial charge is 0.240 e. The first kappa shape index (κ1) is 18.0. The second-order valence-corrected chi connectivity index (χ2v) is 7.39. The molecule has 2 rings (SSSR count). The molecule has 20 heavy (non-hydrogen) atoms. The van der Waals surface area contributed by atoms with E-state index in [1.165, 1.54) is 18.2 Å². The molecular formula is C12H17Cl3N2O2S. The Labute approximate surface area is 135 Å². The van der Waals surface area contributed by atoms with Crippen molar-refractivity contribution in [1.82, 2.24) is 10.0 Å². The van der Waals surface area contributed by atoms with E-state index in [1.807, 2.05) is 6.92 Å². The first-order chi connectivity index (χ1) is 8.88. The molecule has 8 heteroatoms. The molecule has 1 fully saturated rings. The molecule has 2 unspecified atom stereocenters. The Balaban J connectivity index is 0.00000200. The van der Waals surface area contributed by atoms with E-state index in [-0.39, 0.29) is 23.3 Å². The van der Waals surface area contributed by atoms with Crippen molar-refractivity contribution in [3.63, 3.8) is 0 Å². The lowest BCUT2D eigenvalue weighted by molar-refractivity contribution is 0.327. The van der Waals surface area contributed by atoms with Crippen LogP contribution in [0.4, 0.5) is 0 Å². The van der Waals surface area contributed by atoms with Crippen LogP contribution in [0.2, 0.25) is 10.0 Å². The van der Waals surface area contributed by atoms with Gasteiger partial charge in [-0.25, -0.2) is 13.1 Å². The fourth-order valence-corrected chi connectivity index (χ4v) is 4.17. The highest BCUT2D eigenvalue weighted by Gasteiger charge is 2.26. The van der Waals surface area contributed by atoms with Crippen LogP contribution in [0.5, 0.6) is 0 Å². The predicted molar refractivity (Wildman–Crippen MR) is 84.5 cm³/mol. The minimum atomic E-state index is -3.60. The van der Waals surface area contributed by atoms with Crippen LogP contribution >= 0.6 is 35.6 Å². The van der Waals surface area contributed by atoms with Gasteiger partial charge in [0.1, 0.15) is 0 Å². The number of hydrogen-bond acceptors (Lipinski definition) is 3. The molecule has 0 amide bonds. The average Bonchev–Trinajstić information content (AvgIpc) is 2.31. The van der Waals surface area contributed by atoms with Gasteiger partial charge in [-0.15, -0.1) is 12.4 Å². The highest BCUT2D eigenvalue weighted by molar-refractivity contribution is 7.89. The number of hydrogen-bond donors (Lipinski definition) is 2. The zero-order valence-corrected chi connectivity index (χ0v) is 14.0. The molecule has 1 aromatic carbocycles. The van der Waals surface area contributed by atoms with E-state index in [9.17, 15) is 8.42 Å². The summed E-state index contributed by atoms with van der Waals surface area (Å²) in [5, 5.41) is 3.80. The van der Waals surface area contributed by atoms with Gasteiger partial charge in [0, 0.05) is 22.6 Å². The maximum atomic E-state index is 12.3. The largest absolute Gasteiger partial charge is 0.315 e. The van der Waals surface area contributed by atoms with Crippen LogP contribution in [0, 0.1) is 5.92 Å². The Bertz CT molecular complexity index is 546. The maximum absolute atomic E-state index is 12.3. The number of halogens is 3. The first-order valence-electron chi connectivity index (χ1n) is 6.07. The predicted octanol–water partition coefficient (Wildman–Crippen LogP) is 2.69. The summed E-state index contributed by atoms with van der Waals surface area (Å²) in [6.07, 6.45) is 0.948. The van der Waals surface area contributed by atoms with Gasteiger partial charge in [-0.3, -0.25) is 0 Å². The molecule has 2 atom stereocenters. The van der Waals surface area contributed by atoms with Crippen LogP contribution in [-0.4, -0.2) is 27.5 Å². The normalized spacial score (nSPS) is 23.1. The van der Waals surface area contributed by atoms with E-state index in [4.69, 9.17) is 23.2 Å². The van der Waals surface area contributed by atoms with E-state index in [1.54, 1.807) is 0 Å². The summed E-state index contributed by atoms with van der Waals surface area (Å²) in [5.41, 5.74) is 0. The minimum Gasteiger partial charge on any atom is -0.315 e. The molecular weight excluding hydrogens is 343 g/mol. The zero-order valence-electron chi connectivity index (χ0n) is 10.9. The van der Waals surface area contributed by atoms with E-state index in [0.29, 0.717) is 22.5 Å². The molecule has 4 nitrogen and oxygen atoms in total. The van der Waals surface area contributed by atoms with E-state index in [2.05, 4.69) is 10.0 Å². The zero-order chi connectivity index (χ0) is 14.0. The molecule has 0 saturated carbocycles. The third kappa shape index (κ3) is 4.48. The third-order valence-corrected chi connectivity index (χ3v) is 5.19. The summed E-state index contributed by atoms with van der Waals surface area (Å²) in [7, 11) is -3.60. The van der Waals surface area contributed by atoms with Crippen molar-refractivity contribution < 1.29 is 8.42 Å². The van der Waals surface area contributed by atoms with Crippen molar-refractivity contribution >= 4 is 45.6 Å². The number of rotatable bonds is 3. The second-order valence-electron chi connectivity index (χ2n) is 4.80. The molecule has 0 spiro atoms. The number of piperidine rings is 1. The maximum Gasteiger partial charge on any atom is 0.240 e. The summed E-state index contributed by atoms with van der Waals surface area (Å²) >= 11 is 11.7. The summed E-state index contributed by atoms with van der Waals surface area (Å²) in [6, 6.07) is 4.19. The molecule has 1 aliphatic heterocycles. The second kappa shape index (κ2) is 7.29. The molecule has 1 aromatic rings. The lowest BCUT2D eigenvalue weighted by atomic mass is 9.96. The lowest BCUT2D eigenvalue weighted by Gasteiger charge is -2.30. The van der Waals surface area contributed by atoms with Crippen LogP contribution in [0.25, 0.3) is 0 Å². The molecule has 2 N–H and O–H groups in total. The highest BCUT2D eigenvalue weighted by Crippen LogP contribution is 2.23. The number of nitrogens with one attached hydrogen (secondary N) is 2. The minimum absolute atomic E-state index is 0. The summed E-state index contributed by atoms with van der Waals surface area (Å²) in [4.78, 5) is 0.0998. The van der Waals surface area contributed by atoms with E-state index in [0.717, 1.165) is 13.0 Å². The van der Waals surface area contributed by atoms with Crippen molar-refractivity contribution in [3.05, 3.63) is 28.2 Å². The van der Waals surface area contributed by atoms with Gasteiger partial charge in [-0.05, 0) is 37.1 Å². The van der Waals surface area contributed by atoms with Crippen LogP contribution in [0.3, 0.4) is 0 Å². The summed E-state index contributed by atoms with van der Waals surface area (Å²) in [5.74, 6) is 0.297. The van der Waals surface area contributed by atoms with Crippen LogP contribution < -0.4 is 10.0 Å². The van der Waals surface area contributed by atoms with Crippen molar-refractivity contribution in [2.45, 2.75) is 24.3 Å². The molecule has 114 valence electrons. The van der Waals surface area contributed by atoms with E-state index < -0.39 is 10.0 Å². The molecule has 1 heterocycles. The van der Waals surface area contributed by atoms with Gasteiger partial charge < -0.3 is 5.32 Å². The summed E-state index contributed by atoms with van der Waals surface area (Å²) in [6.45, 7) is 3.59. The Morgan fingerprint density at radius 1 is 1.25 bits per heavy atom. The highest BCUT2D eigenvalue weighted by atomic mass is 35.5. The Morgan fingerprint density at radius 2 is 1.85 bits per heavy atom. The fraction of sp³-hybridized carbons (Fsp3) is 0.500. The molecule has 0 aliphatic carbocycles. The van der Waals surface area contributed by atoms with Gasteiger partial charge in [-0.1, -0.05) is 30.1 Å². The molecule has 0 bridgehead atoms. The van der Waals surface area contributed by atoms with Crippen molar-refractivity contribution in [2.24, 2.45) is 5.92 Å². The van der Waals surface area contributed by atoms with Crippen LogP contribution in [0.15, 0.2) is 23.1 Å².